The Bertz CT molecular complexity index is 387. The highest BCUT2D eigenvalue weighted by Crippen LogP contribution is 2.10. The van der Waals surface area contributed by atoms with E-state index in [1.165, 1.54) is 80.2 Å². The maximum atomic E-state index is 8.09. The zero-order valence-electron chi connectivity index (χ0n) is 14.5. The smallest absolute Gasteiger partial charge is 0.324 e. The first-order valence-electron chi connectivity index (χ1n) is 8.14. The van der Waals surface area contributed by atoms with E-state index in [-0.39, 0.29) is 0 Å². The van der Waals surface area contributed by atoms with Crippen LogP contribution in [0.15, 0.2) is 0 Å². The van der Waals surface area contributed by atoms with Crippen molar-refractivity contribution < 1.29 is 4.48 Å². The van der Waals surface area contributed by atoms with Crippen LogP contribution < -0.4 is 0 Å². The molecule has 6 heteroatoms. The van der Waals surface area contributed by atoms with Gasteiger partial charge in [0.2, 0.25) is 0 Å². The molecule has 0 spiro atoms. The van der Waals surface area contributed by atoms with E-state index in [0.29, 0.717) is 0 Å². The van der Waals surface area contributed by atoms with Crippen LogP contribution in [0.5, 0.6) is 0 Å². The van der Waals surface area contributed by atoms with Gasteiger partial charge in [0.25, 0.3) is 0 Å². The molecule has 0 aliphatic heterocycles. The molecule has 0 unspecified atom stereocenters. The van der Waals surface area contributed by atoms with Crippen LogP contribution in [-0.4, -0.2) is 36.8 Å². The average molecular weight is 301 g/mol. The number of hydrogen-bond acceptors (Lipinski definition) is 4. The fourth-order valence-electron chi connectivity index (χ4n) is 2.19. The van der Waals surface area contributed by atoms with Crippen LogP contribution in [0.4, 0.5) is 0 Å². The fraction of sp³-hybridized carbons (Fsp3) is 0.750. The summed E-state index contributed by atoms with van der Waals surface area (Å²) in [7, 11) is 0. The Morgan fingerprint density at radius 3 is 1.32 bits per heavy atom. The largest absolute Gasteiger partial charge is 0.383 e. The molecule has 0 radical (unpaired) electrons. The van der Waals surface area contributed by atoms with Gasteiger partial charge in [0, 0.05) is 0 Å². The van der Waals surface area contributed by atoms with Crippen LogP contribution in [0.3, 0.4) is 0 Å². The van der Waals surface area contributed by atoms with Crippen molar-refractivity contribution >= 4 is 6.15 Å². The molecule has 0 bridgehead atoms. The zero-order valence-corrected chi connectivity index (χ0v) is 14.5. The van der Waals surface area contributed by atoms with Crippen LogP contribution in [0, 0.1) is 44.9 Å². The molecule has 0 aliphatic rings. The van der Waals surface area contributed by atoms with Gasteiger partial charge in [-0.1, -0.05) is 19.8 Å². The van der Waals surface area contributed by atoms with Gasteiger partial charge >= 0.3 is 6.15 Å². The van der Waals surface area contributed by atoms with Crippen LogP contribution in [0.25, 0.3) is 0 Å². The maximum Gasteiger partial charge on any atom is 0.383 e. The first kappa shape index (κ1) is 22.3. The molecule has 5 nitrogen and oxygen atoms in total. The van der Waals surface area contributed by atoms with Crippen LogP contribution >= 0.6 is 0 Å². The second-order valence-electron chi connectivity index (χ2n) is 5.46. The highest BCUT2D eigenvalue weighted by atomic mass is 15.3. The minimum Gasteiger partial charge on any atom is -0.324 e. The number of rotatable bonds is 8. The molecule has 0 aliphatic carbocycles. The fourth-order valence-corrected chi connectivity index (χ4v) is 2.19. The van der Waals surface area contributed by atoms with Gasteiger partial charge in [-0.3, -0.25) is 0 Å². The molecular weight excluding hydrogens is 273 g/mol. The summed E-state index contributed by atoms with van der Waals surface area (Å²) in [6, 6.07) is 0. The molecule has 0 aromatic heterocycles. The molecular formula is C16H28BN5. The molecule has 0 aromatic rings. The van der Waals surface area contributed by atoms with E-state index in [0.717, 1.165) is 0 Å². The predicted molar refractivity (Wildman–Crippen MR) is 89.1 cm³/mol. The van der Waals surface area contributed by atoms with Crippen LogP contribution in [0.2, 0.25) is 0 Å². The normalized spacial score (nSPS) is 10.2. The van der Waals surface area contributed by atoms with Gasteiger partial charge in [-0.2, -0.15) is 0 Å². The van der Waals surface area contributed by atoms with Gasteiger partial charge in [-0.15, -0.1) is 23.9 Å². The molecule has 0 saturated heterocycles. The second-order valence-corrected chi connectivity index (χ2v) is 5.46. The van der Waals surface area contributed by atoms with Crippen molar-refractivity contribution in [3.05, 3.63) is 0 Å². The van der Waals surface area contributed by atoms with Gasteiger partial charge in [-0.25, -0.2) is 21.0 Å². The molecule has 0 atom stereocenters. The first-order valence-corrected chi connectivity index (χ1v) is 8.14. The highest BCUT2D eigenvalue weighted by molar-refractivity contribution is 7.05. The van der Waals surface area contributed by atoms with E-state index in [1.54, 1.807) is 0 Å². The van der Waals surface area contributed by atoms with E-state index in [9.17, 15) is 0 Å². The van der Waals surface area contributed by atoms with E-state index >= 15 is 0 Å². The quantitative estimate of drug-likeness (QED) is 0.391. The molecule has 0 saturated carbocycles. The Balaban J connectivity index is 0. The molecule has 120 valence electrons. The maximum absolute atomic E-state index is 8.09. The molecule has 22 heavy (non-hydrogen) atoms. The van der Waals surface area contributed by atoms with Gasteiger partial charge in [-0.05, 0) is 33.6 Å². The first-order chi connectivity index (χ1) is 10.5. The summed E-state index contributed by atoms with van der Waals surface area (Å²) in [4.78, 5) is 0. The monoisotopic (exact) mass is 301 g/mol. The summed E-state index contributed by atoms with van der Waals surface area (Å²) >= 11 is 0. The highest BCUT2D eigenvalue weighted by Gasteiger charge is 2.22. The summed E-state index contributed by atoms with van der Waals surface area (Å²) in [6.07, 6.45) is 2.89. The SMILES string of the molecule is CCCCCC[N+](CC)(CC)CC.N#C[B-](C#N)(C#N)C#N. The van der Waals surface area contributed by atoms with E-state index in [4.69, 9.17) is 21.0 Å². The zero-order chi connectivity index (χ0) is 17.5. The Morgan fingerprint density at radius 2 is 1.09 bits per heavy atom. The molecule has 0 heterocycles. The van der Waals surface area contributed by atoms with Gasteiger partial charge in [0.05, 0.1) is 26.2 Å². The average Bonchev–Trinajstić information content (AvgIpc) is 2.59. The standard InChI is InChI=1S/C12H28N.C4BN4/c1-5-9-10-11-12-13(6-2,7-3)8-4;6-1-5(2-7,3-8)4-9/h5-12H2,1-4H3;/q+1;-1. The van der Waals surface area contributed by atoms with Crippen molar-refractivity contribution in [2.75, 3.05) is 26.2 Å². The molecule has 0 aromatic carbocycles. The number of nitrogens with zero attached hydrogens (tertiary/aromatic N) is 5. The van der Waals surface area contributed by atoms with E-state index < -0.39 is 6.15 Å². The lowest BCUT2D eigenvalue weighted by Crippen LogP contribution is -2.48. The van der Waals surface area contributed by atoms with Crippen LogP contribution in [0.1, 0.15) is 53.4 Å². The Morgan fingerprint density at radius 1 is 0.682 bits per heavy atom. The van der Waals surface area contributed by atoms with Crippen molar-refractivity contribution in [2.24, 2.45) is 0 Å². The van der Waals surface area contributed by atoms with E-state index in [2.05, 4.69) is 27.7 Å². The van der Waals surface area contributed by atoms with E-state index in [1.807, 2.05) is 0 Å². The minimum absolute atomic E-state index is 1.30. The number of nitriles is 4. The van der Waals surface area contributed by atoms with Crippen molar-refractivity contribution in [1.82, 2.24) is 0 Å². The van der Waals surface area contributed by atoms with Gasteiger partial charge < -0.3 is 4.48 Å². The summed E-state index contributed by atoms with van der Waals surface area (Å²) in [5, 5.41) is 32.3. The minimum atomic E-state index is -2.72. The third-order valence-corrected chi connectivity index (χ3v) is 4.27. The third kappa shape index (κ3) is 7.68. The topological polar surface area (TPSA) is 95.2 Å². The van der Waals surface area contributed by atoms with Crippen molar-refractivity contribution in [3.63, 3.8) is 0 Å². The lowest BCUT2D eigenvalue weighted by Gasteiger charge is -2.35. The van der Waals surface area contributed by atoms with Crippen molar-refractivity contribution in [2.45, 2.75) is 53.4 Å². The van der Waals surface area contributed by atoms with Gasteiger partial charge in [0.1, 0.15) is 0 Å². The Kier molecular flexibility index (Phi) is 12.9. The van der Waals surface area contributed by atoms with Crippen molar-refractivity contribution in [1.29, 1.82) is 21.0 Å². The Hall–Kier alpha value is -2.02. The molecule has 0 N–H and O–H groups in total. The summed E-state index contributed by atoms with van der Waals surface area (Å²) in [6.45, 7) is 14.6. The second kappa shape index (κ2) is 12.7. The summed E-state index contributed by atoms with van der Waals surface area (Å²) in [5.41, 5.74) is 0. The predicted octanol–water partition coefficient (Wildman–Crippen LogP) is 3.13. The molecule has 0 fully saturated rings. The lowest BCUT2D eigenvalue weighted by molar-refractivity contribution is -0.923. The van der Waals surface area contributed by atoms with Crippen molar-refractivity contribution in [3.8, 4) is 23.9 Å². The Labute approximate surface area is 135 Å². The third-order valence-electron chi connectivity index (χ3n) is 4.27. The molecule has 0 amide bonds. The number of hydrogen-bond donors (Lipinski definition) is 0. The molecule has 0 rings (SSSR count). The summed E-state index contributed by atoms with van der Waals surface area (Å²) < 4.78 is 1.32. The van der Waals surface area contributed by atoms with Crippen LogP contribution in [-0.2, 0) is 0 Å². The number of quaternary nitrogens is 1. The summed E-state index contributed by atoms with van der Waals surface area (Å²) in [5.74, 6) is 5.38. The number of unbranched alkanes of at least 4 members (excludes halogenated alkanes) is 3. The lowest BCUT2D eigenvalue weighted by atomic mass is 9.30. The van der Waals surface area contributed by atoms with Gasteiger partial charge in [0.15, 0.2) is 0 Å².